The van der Waals surface area contributed by atoms with E-state index in [0.29, 0.717) is 12.6 Å². The molecule has 2 aliphatic rings. The van der Waals surface area contributed by atoms with Crippen LogP contribution < -0.4 is 5.73 Å². The van der Waals surface area contributed by atoms with Crippen LogP contribution in [0, 0.1) is 0 Å². The van der Waals surface area contributed by atoms with Gasteiger partial charge in [-0.1, -0.05) is 19.3 Å². The minimum absolute atomic E-state index is 0.137. The number of nitrogens with zero attached hydrogens (tertiary/aromatic N) is 1. The number of rotatable bonds is 6. The highest BCUT2D eigenvalue weighted by molar-refractivity contribution is 5.78. The van der Waals surface area contributed by atoms with E-state index in [1.165, 1.54) is 19.3 Å². The molecule has 0 aromatic rings. The standard InChI is InChI=1S/C14H26N2O2/c1-2-16(12-6-7-12)13(17)10-18-14(11-15)8-4-3-5-9-14/h12H,2-11,15H2,1H3. The zero-order valence-corrected chi connectivity index (χ0v) is 11.5. The molecule has 2 fully saturated rings. The van der Waals surface area contributed by atoms with Crippen LogP contribution in [-0.2, 0) is 9.53 Å². The number of likely N-dealkylation sites (N-methyl/N-ethyl adjacent to an activating group) is 1. The fraction of sp³-hybridized carbons (Fsp3) is 0.929. The van der Waals surface area contributed by atoms with Crippen molar-refractivity contribution in [3.05, 3.63) is 0 Å². The van der Waals surface area contributed by atoms with Gasteiger partial charge in [-0.15, -0.1) is 0 Å². The third-order valence-electron chi connectivity index (χ3n) is 4.29. The van der Waals surface area contributed by atoms with Gasteiger partial charge in [0.05, 0.1) is 5.60 Å². The normalized spacial score (nSPS) is 22.8. The minimum atomic E-state index is -0.225. The molecule has 104 valence electrons. The Morgan fingerprint density at radius 1 is 1.33 bits per heavy atom. The average Bonchev–Trinajstić information content (AvgIpc) is 3.23. The number of ether oxygens (including phenoxy) is 1. The van der Waals surface area contributed by atoms with E-state index in [1.807, 2.05) is 11.8 Å². The van der Waals surface area contributed by atoms with Crippen molar-refractivity contribution in [1.29, 1.82) is 0 Å². The van der Waals surface area contributed by atoms with Gasteiger partial charge in [0, 0.05) is 19.1 Å². The molecule has 4 heteroatoms. The van der Waals surface area contributed by atoms with E-state index >= 15 is 0 Å². The summed E-state index contributed by atoms with van der Waals surface area (Å²) in [6.45, 7) is 3.58. The Kier molecular flexibility index (Phi) is 4.62. The number of nitrogens with two attached hydrogens (primary N) is 1. The third kappa shape index (κ3) is 3.23. The van der Waals surface area contributed by atoms with Crippen molar-refractivity contribution in [3.63, 3.8) is 0 Å². The van der Waals surface area contributed by atoms with Gasteiger partial charge < -0.3 is 15.4 Å². The zero-order valence-electron chi connectivity index (χ0n) is 11.5. The lowest BCUT2D eigenvalue weighted by Crippen LogP contribution is -2.46. The summed E-state index contributed by atoms with van der Waals surface area (Å²) in [4.78, 5) is 14.1. The molecular weight excluding hydrogens is 228 g/mol. The van der Waals surface area contributed by atoms with Crippen molar-refractivity contribution in [2.24, 2.45) is 5.73 Å². The van der Waals surface area contributed by atoms with Gasteiger partial charge in [0.2, 0.25) is 5.91 Å². The molecule has 0 heterocycles. The van der Waals surface area contributed by atoms with Crippen LogP contribution in [-0.4, -0.2) is 42.1 Å². The van der Waals surface area contributed by atoms with E-state index in [1.54, 1.807) is 0 Å². The maximum absolute atomic E-state index is 12.1. The Morgan fingerprint density at radius 2 is 2.00 bits per heavy atom. The van der Waals surface area contributed by atoms with E-state index in [4.69, 9.17) is 10.5 Å². The van der Waals surface area contributed by atoms with Crippen LogP contribution in [0.3, 0.4) is 0 Å². The lowest BCUT2D eigenvalue weighted by Gasteiger charge is -2.36. The number of hydrogen-bond acceptors (Lipinski definition) is 3. The largest absolute Gasteiger partial charge is 0.364 e. The molecule has 2 rings (SSSR count). The lowest BCUT2D eigenvalue weighted by molar-refractivity contribution is -0.145. The first-order chi connectivity index (χ1) is 8.71. The van der Waals surface area contributed by atoms with Gasteiger partial charge in [0.25, 0.3) is 0 Å². The Hall–Kier alpha value is -0.610. The maximum atomic E-state index is 12.1. The molecule has 0 aromatic carbocycles. The first-order valence-corrected chi connectivity index (χ1v) is 7.34. The molecule has 0 aromatic heterocycles. The Bertz CT molecular complexity index is 284. The van der Waals surface area contributed by atoms with Gasteiger partial charge in [-0.3, -0.25) is 4.79 Å². The first kappa shape index (κ1) is 13.8. The Balaban J connectivity index is 1.83. The van der Waals surface area contributed by atoms with Crippen LogP contribution >= 0.6 is 0 Å². The van der Waals surface area contributed by atoms with Crippen molar-refractivity contribution < 1.29 is 9.53 Å². The summed E-state index contributed by atoms with van der Waals surface area (Å²) in [5, 5.41) is 0. The second-order valence-electron chi connectivity index (χ2n) is 5.65. The SMILES string of the molecule is CCN(C(=O)COC1(CN)CCCCC1)C1CC1. The number of hydrogen-bond donors (Lipinski definition) is 1. The van der Waals surface area contributed by atoms with Crippen LogP contribution in [0.5, 0.6) is 0 Å². The molecule has 2 aliphatic carbocycles. The average molecular weight is 254 g/mol. The predicted molar refractivity (Wildman–Crippen MR) is 71.2 cm³/mol. The summed E-state index contributed by atoms with van der Waals surface area (Å²) < 4.78 is 5.93. The monoisotopic (exact) mass is 254 g/mol. The molecule has 0 aliphatic heterocycles. The van der Waals surface area contributed by atoms with Crippen LogP contribution in [0.1, 0.15) is 51.9 Å². The highest BCUT2D eigenvalue weighted by Gasteiger charge is 2.35. The van der Waals surface area contributed by atoms with Gasteiger partial charge >= 0.3 is 0 Å². The summed E-state index contributed by atoms with van der Waals surface area (Å²) >= 11 is 0. The van der Waals surface area contributed by atoms with Crippen LogP contribution in [0.25, 0.3) is 0 Å². The highest BCUT2D eigenvalue weighted by atomic mass is 16.5. The summed E-state index contributed by atoms with van der Waals surface area (Å²) in [5.74, 6) is 0.137. The molecule has 0 radical (unpaired) electrons. The number of carbonyl (C=O) groups is 1. The molecular formula is C14H26N2O2. The quantitative estimate of drug-likeness (QED) is 0.784. The smallest absolute Gasteiger partial charge is 0.248 e. The van der Waals surface area contributed by atoms with E-state index < -0.39 is 0 Å². The van der Waals surface area contributed by atoms with Crippen LogP contribution in [0.2, 0.25) is 0 Å². The van der Waals surface area contributed by atoms with Crippen molar-refractivity contribution in [1.82, 2.24) is 4.90 Å². The van der Waals surface area contributed by atoms with E-state index in [2.05, 4.69) is 0 Å². The lowest BCUT2D eigenvalue weighted by atomic mass is 9.85. The molecule has 2 N–H and O–H groups in total. The zero-order chi connectivity index (χ0) is 13.0. The first-order valence-electron chi connectivity index (χ1n) is 7.34. The summed E-state index contributed by atoms with van der Waals surface area (Å²) in [5.41, 5.74) is 5.63. The minimum Gasteiger partial charge on any atom is -0.364 e. The molecule has 0 bridgehead atoms. The van der Waals surface area contributed by atoms with Crippen molar-refractivity contribution in [2.75, 3.05) is 19.7 Å². The fourth-order valence-electron chi connectivity index (χ4n) is 2.93. The summed E-state index contributed by atoms with van der Waals surface area (Å²) in [6.07, 6.45) is 7.93. The summed E-state index contributed by atoms with van der Waals surface area (Å²) in [7, 11) is 0. The maximum Gasteiger partial charge on any atom is 0.248 e. The van der Waals surface area contributed by atoms with E-state index in [9.17, 15) is 4.79 Å². The van der Waals surface area contributed by atoms with Gasteiger partial charge in [-0.2, -0.15) is 0 Å². The summed E-state index contributed by atoms with van der Waals surface area (Å²) in [6, 6.07) is 0.478. The van der Waals surface area contributed by atoms with Crippen molar-refractivity contribution >= 4 is 5.91 Å². The van der Waals surface area contributed by atoms with Crippen molar-refractivity contribution in [3.8, 4) is 0 Å². The van der Waals surface area contributed by atoms with Gasteiger partial charge in [0.15, 0.2) is 0 Å². The van der Waals surface area contributed by atoms with E-state index in [0.717, 1.165) is 32.2 Å². The van der Waals surface area contributed by atoms with Gasteiger partial charge in [0.1, 0.15) is 6.61 Å². The molecule has 0 unspecified atom stereocenters. The molecule has 0 spiro atoms. The second-order valence-corrected chi connectivity index (χ2v) is 5.65. The fourth-order valence-corrected chi connectivity index (χ4v) is 2.93. The molecule has 4 nitrogen and oxygen atoms in total. The predicted octanol–water partition coefficient (Wildman–Crippen LogP) is 1.68. The topological polar surface area (TPSA) is 55.6 Å². The van der Waals surface area contributed by atoms with Crippen LogP contribution in [0.15, 0.2) is 0 Å². The highest BCUT2D eigenvalue weighted by Crippen LogP contribution is 2.31. The van der Waals surface area contributed by atoms with Crippen LogP contribution in [0.4, 0.5) is 0 Å². The molecule has 1 amide bonds. The Labute approximate surface area is 110 Å². The molecule has 0 atom stereocenters. The molecule has 18 heavy (non-hydrogen) atoms. The third-order valence-corrected chi connectivity index (χ3v) is 4.29. The van der Waals surface area contributed by atoms with Gasteiger partial charge in [-0.25, -0.2) is 0 Å². The number of amides is 1. The molecule has 2 saturated carbocycles. The Morgan fingerprint density at radius 3 is 2.50 bits per heavy atom. The van der Waals surface area contributed by atoms with Gasteiger partial charge in [-0.05, 0) is 32.6 Å². The molecule has 0 saturated heterocycles. The van der Waals surface area contributed by atoms with Crippen molar-refractivity contribution in [2.45, 2.75) is 63.5 Å². The second kappa shape index (κ2) is 6.02. The number of carbonyl (C=O) groups excluding carboxylic acids is 1. The van der Waals surface area contributed by atoms with E-state index in [-0.39, 0.29) is 18.1 Å².